The number of allylic oxidation sites excluding steroid dienone is 1. The lowest BCUT2D eigenvalue weighted by atomic mass is 9.96. The van der Waals surface area contributed by atoms with E-state index in [2.05, 4.69) is 0 Å². The number of ketones is 2. The van der Waals surface area contributed by atoms with Gasteiger partial charge in [0, 0.05) is 36.7 Å². The van der Waals surface area contributed by atoms with E-state index in [1.165, 1.54) is 36.5 Å². The predicted octanol–water partition coefficient (Wildman–Crippen LogP) is 4.49. The topological polar surface area (TPSA) is 96.6 Å². The van der Waals surface area contributed by atoms with Gasteiger partial charge in [-0.05, 0) is 48.1 Å². The summed E-state index contributed by atoms with van der Waals surface area (Å²) < 4.78 is 43.1. The zero-order valence-electron chi connectivity index (χ0n) is 20.4. The maximum atomic E-state index is 14.3. The van der Waals surface area contributed by atoms with Crippen molar-refractivity contribution in [3.63, 3.8) is 0 Å². The number of aliphatic hydroxyl groups excluding tert-OH is 2. The average Bonchev–Trinajstić information content (AvgIpc) is 3.27. The molecule has 1 aliphatic carbocycles. The molecule has 0 saturated heterocycles. The Morgan fingerprint density at radius 3 is 2.45 bits per heavy atom. The fourth-order valence-corrected chi connectivity index (χ4v) is 4.67. The third-order valence-electron chi connectivity index (χ3n) is 6.74. The van der Waals surface area contributed by atoms with Gasteiger partial charge < -0.3 is 14.8 Å². The van der Waals surface area contributed by atoms with Crippen LogP contribution in [0.15, 0.2) is 65.6 Å². The van der Waals surface area contributed by atoms with E-state index in [0.29, 0.717) is 30.5 Å². The molecule has 1 heterocycles. The highest BCUT2D eigenvalue weighted by Gasteiger charge is 2.29. The summed E-state index contributed by atoms with van der Waals surface area (Å²) in [5, 5.41) is 20.6. The van der Waals surface area contributed by atoms with Gasteiger partial charge in [0.25, 0.3) is 5.56 Å². The van der Waals surface area contributed by atoms with E-state index in [9.17, 15) is 37.8 Å². The monoisotopic (exact) mass is 525 g/mol. The Kier molecular flexibility index (Phi) is 8.26. The molecule has 3 aromatic rings. The molecule has 1 aromatic heterocycles. The molecule has 2 atom stereocenters. The number of hydrogen-bond acceptors (Lipinski definition) is 5. The van der Waals surface area contributed by atoms with Crippen molar-refractivity contribution in [3.05, 3.63) is 111 Å². The molecule has 38 heavy (non-hydrogen) atoms. The Morgan fingerprint density at radius 2 is 1.76 bits per heavy atom. The molecule has 0 radical (unpaired) electrons. The van der Waals surface area contributed by atoms with Crippen molar-refractivity contribution in [3.8, 4) is 0 Å². The summed E-state index contributed by atoms with van der Waals surface area (Å²) in [6, 6.07) is 10.1. The number of benzene rings is 2. The highest BCUT2D eigenvalue weighted by Crippen LogP contribution is 2.28. The summed E-state index contributed by atoms with van der Waals surface area (Å²) >= 11 is 0. The number of aromatic nitrogens is 1. The normalized spacial score (nSPS) is 17.5. The summed E-state index contributed by atoms with van der Waals surface area (Å²) in [7, 11) is 0. The molecule has 0 unspecified atom stereocenters. The molecular formula is C29H26F3NO5. The first-order chi connectivity index (χ1) is 18.1. The Hall–Kier alpha value is -3.98. The highest BCUT2D eigenvalue weighted by molar-refractivity contribution is 6.42. The smallest absolute Gasteiger partial charge is 0.261 e. The molecule has 0 spiro atoms. The first-order valence-electron chi connectivity index (χ1n) is 12.2. The molecule has 1 aliphatic rings. The van der Waals surface area contributed by atoms with Crippen molar-refractivity contribution in [1.29, 1.82) is 0 Å². The largest absolute Gasteiger partial charge is 0.507 e. The number of halogens is 3. The summed E-state index contributed by atoms with van der Waals surface area (Å²) in [6.07, 6.45) is 2.98. The molecule has 198 valence electrons. The molecule has 2 aromatic carbocycles. The molecule has 0 aliphatic heterocycles. The van der Waals surface area contributed by atoms with E-state index in [1.54, 1.807) is 6.07 Å². The number of Topliss-reactive ketones (excluding diaryl/α,β-unsaturated/α-hetero) is 1. The van der Waals surface area contributed by atoms with Crippen molar-refractivity contribution in [2.24, 2.45) is 5.92 Å². The van der Waals surface area contributed by atoms with Crippen molar-refractivity contribution in [2.45, 2.75) is 44.8 Å². The predicted molar refractivity (Wildman–Crippen MR) is 134 cm³/mol. The molecule has 1 saturated carbocycles. The molecule has 4 rings (SSSR count). The third kappa shape index (κ3) is 6.28. The fourth-order valence-electron chi connectivity index (χ4n) is 4.67. The minimum absolute atomic E-state index is 0.101. The Bertz CT molecular complexity index is 1460. The maximum absolute atomic E-state index is 14.3. The Labute approximate surface area is 216 Å². The fraction of sp³-hybridized carbons (Fsp3) is 0.276. The molecule has 2 N–H and O–H groups in total. The lowest BCUT2D eigenvalue weighted by Crippen LogP contribution is -2.25. The van der Waals surface area contributed by atoms with E-state index in [4.69, 9.17) is 0 Å². The highest BCUT2D eigenvalue weighted by atomic mass is 19.1. The van der Waals surface area contributed by atoms with E-state index in [0.717, 1.165) is 17.1 Å². The van der Waals surface area contributed by atoms with E-state index in [-0.39, 0.29) is 42.0 Å². The van der Waals surface area contributed by atoms with Gasteiger partial charge in [0.1, 0.15) is 23.2 Å². The second-order valence-corrected chi connectivity index (χ2v) is 9.48. The SMILES string of the molecule is O=C(C=C(O)c1cc(Cc2ccc(F)cc2F)cn(Cc2ccccc2F)c1=O)C(=O)C[C@@H]1CCC[C@H]1O. The number of nitrogens with zero attached hydrogens (tertiary/aromatic N) is 1. The van der Waals surface area contributed by atoms with E-state index in [1.807, 2.05) is 0 Å². The van der Waals surface area contributed by atoms with Crippen LogP contribution >= 0.6 is 0 Å². The van der Waals surface area contributed by atoms with Gasteiger partial charge in [0.15, 0.2) is 0 Å². The molecular weight excluding hydrogens is 499 g/mol. The van der Waals surface area contributed by atoms with Crippen LogP contribution in [0.25, 0.3) is 5.76 Å². The summed E-state index contributed by atoms with van der Waals surface area (Å²) in [5.41, 5.74) is -0.511. The van der Waals surface area contributed by atoms with Crippen LogP contribution in [-0.2, 0) is 22.6 Å². The number of carbonyl (C=O) groups excluding carboxylic acids is 2. The summed E-state index contributed by atoms with van der Waals surface area (Å²) in [4.78, 5) is 38.1. The van der Waals surface area contributed by atoms with Crippen LogP contribution in [0.5, 0.6) is 0 Å². The number of rotatable bonds is 9. The lowest BCUT2D eigenvalue weighted by molar-refractivity contribution is -0.134. The van der Waals surface area contributed by atoms with Gasteiger partial charge >= 0.3 is 0 Å². The average molecular weight is 526 g/mol. The molecule has 0 amide bonds. The van der Waals surface area contributed by atoms with Crippen LogP contribution in [0.4, 0.5) is 13.2 Å². The number of pyridine rings is 1. The molecule has 6 nitrogen and oxygen atoms in total. The van der Waals surface area contributed by atoms with Crippen LogP contribution in [0.3, 0.4) is 0 Å². The zero-order chi connectivity index (χ0) is 27.4. The van der Waals surface area contributed by atoms with Crippen LogP contribution < -0.4 is 5.56 Å². The van der Waals surface area contributed by atoms with Crippen LogP contribution in [-0.4, -0.2) is 32.5 Å². The quantitative estimate of drug-likeness (QED) is 0.244. The summed E-state index contributed by atoms with van der Waals surface area (Å²) in [6.45, 7) is -0.224. The molecule has 9 heteroatoms. The van der Waals surface area contributed by atoms with E-state index >= 15 is 0 Å². The number of hydrogen-bond donors (Lipinski definition) is 2. The van der Waals surface area contributed by atoms with Gasteiger partial charge in [-0.1, -0.05) is 30.7 Å². The van der Waals surface area contributed by atoms with Crippen molar-refractivity contribution < 1.29 is 33.0 Å². The van der Waals surface area contributed by atoms with Crippen molar-refractivity contribution in [1.82, 2.24) is 4.57 Å². The lowest BCUT2D eigenvalue weighted by Gasteiger charge is -2.13. The number of carbonyl (C=O) groups is 2. The third-order valence-corrected chi connectivity index (χ3v) is 6.74. The summed E-state index contributed by atoms with van der Waals surface area (Å²) in [5.74, 6) is -5.09. The zero-order valence-corrected chi connectivity index (χ0v) is 20.4. The first kappa shape index (κ1) is 27.1. The molecule has 1 fully saturated rings. The van der Waals surface area contributed by atoms with Crippen molar-refractivity contribution in [2.75, 3.05) is 0 Å². The Morgan fingerprint density at radius 1 is 1.00 bits per heavy atom. The van der Waals surface area contributed by atoms with Gasteiger partial charge in [0.05, 0.1) is 18.2 Å². The van der Waals surface area contributed by atoms with Crippen LogP contribution in [0, 0.1) is 23.4 Å². The van der Waals surface area contributed by atoms with Crippen LogP contribution in [0.2, 0.25) is 0 Å². The van der Waals surface area contributed by atoms with Gasteiger partial charge in [-0.3, -0.25) is 14.4 Å². The minimum atomic E-state index is -1.03. The standard InChI is InChI=1S/C29H26F3NO5/c30-21-9-8-18(24(32)13-21)10-17-11-22(29(38)33(15-17)16-20-4-1-2-6-23(20)31)26(35)14-28(37)27(36)12-19-5-3-7-25(19)34/h1-2,4,6,8-9,11,13-15,19,25,34-35H,3,5,7,10,12,16H2/t19-,25+/m0/s1. The maximum Gasteiger partial charge on any atom is 0.261 e. The second kappa shape index (κ2) is 11.6. The van der Waals surface area contributed by atoms with Gasteiger partial charge in [-0.2, -0.15) is 0 Å². The van der Waals surface area contributed by atoms with E-state index < -0.39 is 46.4 Å². The second-order valence-electron chi connectivity index (χ2n) is 9.48. The molecule has 0 bridgehead atoms. The van der Waals surface area contributed by atoms with Gasteiger partial charge in [-0.25, -0.2) is 13.2 Å². The first-order valence-corrected chi connectivity index (χ1v) is 12.2. The minimum Gasteiger partial charge on any atom is -0.507 e. The number of aliphatic hydroxyl groups is 2. The van der Waals surface area contributed by atoms with Crippen LogP contribution in [0.1, 0.15) is 47.9 Å². The van der Waals surface area contributed by atoms with Gasteiger partial charge in [-0.15, -0.1) is 0 Å². The Balaban J connectivity index is 1.69. The van der Waals surface area contributed by atoms with Crippen molar-refractivity contribution >= 4 is 17.3 Å². The van der Waals surface area contributed by atoms with Gasteiger partial charge in [0.2, 0.25) is 11.6 Å².